The van der Waals surface area contributed by atoms with Crippen LogP contribution in [0.5, 0.6) is 0 Å². The summed E-state index contributed by atoms with van der Waals surface area (Å²) in [6.45, 7) is 0.216. The predicted octanol–water partition coefficient (Wildman–Crippen LogP) is 5.07. The average Bonchev–Trinajstić information content (AvgIpc) is 3.28. The van der Waals surface area contributed by atoms with E-state index < -0.39 is 12.1 Å². The highest BCUT2D eigenvalue weighted by Gasteiger charge is 2.29. The molecule has 1 aliphatic carbocycles. The molecule has 4 aromatic rings. The van der Waals surface area contributed by atoms with Gasteiger partial charge in [0.2, 0.25) is 0 Å². The van der Waals surface area contributed by atoms with E-state index in [4.69, 9.17) is 4.74 Å². The predicted molar refractivity (Wildman–Crippen MR) is 114 cm³/mol. The number of carboxylic acids is 1. The summed E-state index contributed by atoms with van der Waals surface area (Å²) in [7, 11) is 0. The summed E-state index contributed by atoms with van der Waals surface area (Å²) in [5.41, 5.74) is 5.87. The molecule has 0 saturated heterocycles. The Balaban J connectivity index is 1.44. The van der Waals surface area contributed by atoms with E-state index in [-0.39, 0.29) is 18.9 Å². The molecule has 1 aromatic heterocycles. The third kappa shape index (κ3) is 2.95. The lowest BCUT2D eigenvalue weighted by Crippen LogP contribution is -2.17. The number of hydrogen-bond acceptors (Lipinski definition) is 3. The molecule has 0 spiro atoms. The summed E-state index contributed by atoms with van der Waals surface area (Å²) in [5, 5.41) is 9.93. The number of para-hydroxylation sites is 1. The van der Waals surface area contributed by atoms with Crippen molar-refractivity contribution in [3.8, 4) is 11.1 Å². The first-order chi connectivity index (χ1) is 14.6. The van der Waals surface area contributed by atoms with Crippen molar-refractivity contribution in [1.82, 2.24) is 4.57 Å². The third-order valence-electron chi connectivity index (χ3n) is 5.67. The van der Waals surface area contributed by atoms with Crippen LogP contribution in [0.1, 0.15) is 22.6 Å². The molecule has 0 aliphatic heterocycles. The molecule has 1 N–H and O–H groups in total. The van der Waals surface area contributed by atoms with E-state index in [1.807, 2.05) is 42.5 Å². The smallest absolute Gasteiger partial charge is 0.418 e. The van der Waals surface area contributed by atoms with Crippen molar-refractivity contribution in [3.63, 3.8) is 0 Å². The van der Waals surface area contributed by atoms with Crippen molar-refractivity contribution in [2.75, 3.05) is 6.61 Å². The van der Waals surface area contributed by atoms with Crippen LogP contribution in [0.3, 0.4) is 0 Å². The first-order valence-electron chi connectivity index (χ1n) is 9.79. The van der Waals surface area contributed by atoms with Gasteiger partial charge in [-0.2, -0.15) is 0 Å². The quantitative estimate of drug-likeness (QED) is 0.522. The number of carboxylic acid groups (broad SMARTS) is 1. The molecule has 0 unspecified atom stereocenters. The van der Waals surface area contributed by atoms with Gasteiger partial charge in [-0.15, -0.1) is 0 Å². The fraction of sp³-hybridized carbons (Fsp3) is 0.120. The first-order valence-corrected chi connectivity index (χ1v) is 9.79. The number of fused-ring (bicyclic) bond motifs is 4. The van der Waals surface area contributed by atoms with Crippen molar-refractivity contribution < 1.29 is 19.4 Å². The molecule has 5 heteroatoms. The minimum atomic E-state index is -0.939. The number of nitrogens with zero attached hydrogens (tertiary/aromatic N) is 1. The lowest BCUT2D eigenvalue weighted by atomic mass is 9.98. The number of carbonyl (C=O) groups excluding carboxylic acids is 1. The lowest BCUT2D eigenvalue weighted by Gasteiger charge is -2.14. The van der Waals surface area contributed by atoms with Gasteiger partial charge < -0.3 is 9.84 Å². The number of rotatable bonds is 4. The second kappa shape index (κ2) is 7.19. The maximum absolute atomic E-state index is 12.9. The van der Waals surface area contributed by atoms with Crippen LogP contribution in [0, 0.1) is 0 Å². The normalized spacial score (nSPS) is 12.5. The van der Waals surface area contributed by atoms with Crippen LogP contribution in [0.4, 0.5) is 4.79 Å². The molecule has 0 radical (unpaired) electrons. The molecule has 5 rings (SSSR count). The molecule has 1 heterocycles. The Morgan fingerprint density at radius 1 is 0.867 bits per heavy atom. The molecule has 0 bridgehead atoms. The zero-order chi connectivity index (χ0) is 20.7. The Labute approximate surface area is 173 Å². The fourth-order valence-electron chi connectivity index (χ4n) is 4.37. The van der Waals surface area contributed by atoms with Gasteiger partial charge in [-0.05, 0) is 33.9 Å². The molecular weight excluding hydrogens is 378 g/mol. The fourth-order valence-corrected chi connectivity index (χ4v) is 4.37. The molecule has 0 fully saturated rings. The monoisotopic (exact) mass is 397 g/mol. The van der Waals surface area contributed by atoms with E-state index in [9.17, 15) is 14.7 Å². The summed E-state index contributed by atoms with van der Waals surface area (Å²) in [6.07, 6.45) is 0.909. The van der Waals surface area contributed by atoms with E-state index in [1.165, 1.54) is 15.7 Å². The van der Waals surface area contributed by atoms with Gasteiger partial charge in [0, 0.05) is 17.5 Å². The van der Waals surface area contributed by atoms with Gasteiger partial charge in [-0.3, -0.25) is 9.36 Å². The van der Waals surface area contributed by atoms with E-state index in [1.54, 1.807) is 12.3 Å². The van der Waals surface area contributed by atoms with Gasteiger partial charge in [0.1, 0.15) is 6.61 Å². The number of ether oxygens (including phenoxy) is 1. The number of benzene rings is 3. The van der Waals surface area contributed by atoms with Crippen LogP contribution < -0.4 is 0 Å². The molecule has 30 heavy (non-hydrogen) atoms. The van der Waals surface area contributed by atoms with Gasteiger partial charge in [-0.25, -0.2) is 4.79 Å². The van der Waals surface area contributed by atoms with Gasteiger partial charge in [0.05, 0.1) is 11.9 Å². The number of carbonyl (C=O) groups is 2. The number of aromatic nitrogens is 1. The van der Waals surface area contributed by atoms with Gasteiger partial charge in [0.25, 0.3) is 0 Å². The summed E-state index contributed by atoms with van der Waals surface area (Å²) in [5.74, 6) is -0.966. The third-order valence-corrected chi connectivity index (χ3v) is 5.67. The van der Waals surface area contributed by atoms with Crippen molar-refractivity contribution >= 4 is 23.0 Å². The SMILES string of the molecule is O=C(O)Cc1cn(C(=O)OCC2c3ccccc3-c3ccccc32)c2ccccc12. The number of aliphatic carboxylic acids is 1. The maximum Gasteiger partial charge on any atom is 0.418 e. The van der Waals surface area contributed by atoms with Crippen molar-refractivity contribution in [2.45, 2.75) is 12.3 Å². The van der Waals surface area contributed by atoms with Gasteiger partial charge in [0.15, 0.2) is 0 Å². The molecule has 3 aromatic carbocycles. The van der Waals surface area contributed by atoms with Gasteiger partial charge in [-0.1, -0.05) is 66.7 Å². The lowest BCUT2D eigenvalue weighted by molar-refractivity contribution is -0.136. The van der Waals surface area contributed by atoms with Crippen LogP contribution in [-0.2, 0) is 16.0 Å². The van der Waals surface area contributed by atoms with Crippen LogP contribution >= 0.6 is 0 Å². The molecule has 5 nitrogen and oxygen atoms in total. The Bertz CT molecular complexity index is 1240. The Hall–Kier alpha value is -3.86. The second-order valence-corrected chi connectivity index (χ2v) is 7.42. The maximum atomic E-state index is 12.9. The van der Waals surface area contributed by atoms with Crippen molar-refractivity contribution in [1.29, 1.82) is 0 Å². The van der Waals surface area contributed by atoms with Crippen LogP contribution in [0.25, 0.3) is 22.0 Å². The van der Waals surface area contributed by atoms with Crippen LogP contribution in [-0.4, -0.2) is 28.3 Å². The molecular formula is C25H19NO4. The summed E-state index contributed by atoms with van der Waals surface area (Å²) in [6, 6.07) is 23.6. The largest absolute Gasteiger partial charge is 0.481 e. The first kappa shape index (κ1) is 18.2. The average molecular weight is 397 g/mol. The van der Waals surface area contributed by atoms with E-state index in [2.05, 4.69) is 24.3 Å². The molecule has 0 saturated carbocycles. The summed E-state index contributed by atoms with van der Waals surface area (Å²) < 4.78 is 7.13. The molecule has 148 valence electrons. The van der Waals surface area contributed by atoms with E-state index in [0.717, 1.165) is 16.5 Å². The topological polar surface area (TPSA) is 68.5 Å². The summed E-state index contributed by atoms with van der Waals surface area (Å²) in [4.78, 5) is 24.1. The highest BCUT2D eigenvalue weighted by atomic mass is 16.5. The standard InChI is InChI=1S/C25H19NO4/c27-24(28)13-16-14-26(23-12-6-5-7-17(16)23)25(29)30-15-22-20-10-3-1-8-18(20)19-9-2-4-11-21(19)22/h1-12,14,22H,13,15H2,(H,27,28). The molecule has 0 atom stereocenters. The minimum Gasteiger partial charge on any atom is -0.481 e. The Kier molecular flexibility index (Phi) is 4.36. The highest BCUT2D eigenvalue weighted by Crippen LogP contribution is 2.44. The Morgan fingerprint density at radius 3 is 2.13 bits per heavy atom. The zero-order valence-corrected chi connectivity index (χ0v) is 16.1. The minimum absolute atomic E-state index is 0.0262. The number of hydrogen-bond donors (Lipinski definition) is 1. The molecule has 0 amide bonds. The van der Waals surface area contributed by atoms with E-state index in [0.29, 0.717) is 11.1 Å². The second-order valence-electron chi connectivity index (χ2n) is 7.42. The van der Waals surface area contributed by atoms with Crippen molar-refractivity contribution in [3.05, 3.63) is 95.7 Å². The summed E-state index contributed by atoms with van der Waals surface area (Å²) >= 11 is 0. The molecule has 1 aliphatic rings. The van der Waals surface area contributed by atoms with Crippen LogP contribution in [0.15, 0.2) is 79.0 Å². The van der Waals surface area contributed by atoms with Gasteiger partial charge >= 0.3 is 12.1 Å². The zero-order valence-electron chi connectivity index (χ0n) is 16.1. The highest BCUT2D eigenvalue weighted by molar-refractivity contribution is 5.93. The van der Waals surface area contributed by atoms with Crippen LogP contribution in [0.2, 0.25) is 0 Å². The van der Waals surface area contributed by atoms with E-state index >= 15 is 0 Å². The Morgan fingerprint density at radius 2 is 1.47 bits per heavy atom. The van der Waals surface area contributed by atoms with Crippen molar-refractivity contribution in [2.24, 2.45) is 0 Å².